The third-order valence-electron chi connectivity index (χ3n) is 4.34. The minimum atomic E-state index is 0.700. The van der Waals surface area contributed by atoms with E-state index in [1.165, 1.54) is 20.5 Å². The van der Waals surface area contributed by atoms with Crippen molar-refractivity contribution in [2.24, 2.45) is 0 Å². The van der Waals surface area contributed by atoms with Gasteiger partial charge in [-0.15, -0.1) is 23.1 Å². The molecule has 1 aromatic heterocycles. The van der Waals surface area contributed by atoms with Crippen LogP contribution in [0.5, 0.6) is 5.75 Å². The first-order valence-corrected chi connectivity index (χ1v) is 10.9. The normalized spacial score (nSPS) is 11.0. The smallest absolute Gasteiger partial charge is 0.124 e. The molecule has 0 aliphatic heterocycles. The van der Waals surface area contributed by atoms with Crippen LogP contribution in [0, 0.1) is 6.92 Å². The van der Waals surface area contributed by atoms with Gasteiger partial charge in [0.25, 0.3) is 0 Å². The van der Waals surface area contributed by atoms with Crippen LogP contribution in [0.1, 0.15) is 16.0 Å². The average Bonchev–Trinajstić information content (AvgIpc) is 2.97. The molecule has 3 rings (SSSR count). The summed E-state index contributed by atoms with van der Waals surface area (Å²) in [5, 5.41) is 1.93. The molecule has 0 bridgehead atoms. The largest absolute Gasteiger partial charge is 0.496 e. The van der Waals surface area contributed by atoms with Gasteiger partial charge in [-0.2, -0.15) is 0 Å². The molecular formula is C20H20ClNOS3. The second-order valence-electron chi connectivity index (χ2n) is 6.04. The fourth-order valence-electron chi connectivity index (χ4n) is 2.88. The van der Waals surface area contributed by atoms with Crippen LogP contribution in [0.2, 0.25) is 5.02 Å². The summed E-state index contributed by atoms with van der Waals surface area (Å²) in [5.41, 5.74) is 2.31. The molecule has 0 aliphatic rings. The molecule has 0 N–H and O–H groups in total. The predicted molar refractivity (Wildman–Crippen MR) is 120 cm³/mol. The molecule has 0 fully saturated rings. The molecule has 0 unspecified atom stereocenters. The quantitative estimate of drug-likeness (QED) is 0.348. The van der Waals surface area contributed by atoms with Gasteiger partial charge in [-0.05, 0) is 54.5 Å². The third-order valence-corrected chi connectivity index (χ3v) is 7.23. The Bertz CT molecular complexity index is 967. The van der Waals surface area contributed by atoms with Gasteiger partial charge in [0.1, 0.15) is 10.7 Å². The molecular weight excluding hydrogens is 402 g/mol. The monoisotopic (exact) mass is 421 g/mol. The highest BCUT2D eigenvalue weighted by atomic mass is 35.5. The molecule has 136 valence electrons. The lowest BCUT2D eigenvalue weighted by molar-refractivity contribution is 0.398. The Morgan fingerprint density at radius 1 is 1.27 bits per heavy atom. The van der Waals surface area contributed by atoms with Crippen LogP contribution < -0.4 is 4.74 Å². The lowest BCUT2D eigenvalue weighted by atomic mass is 10.1. The highest BCUT2D eigenvalue weighted by molar-refractivity contribution is 7.98. The summed E-state index contributed by atoms with van der Waals surface area (Å²) >= 11 is 15.4. The number of rotatable bonds is 5. The molecule has 0 aliphatic carbocycles. The summed E-state index contributed by atoms with van der Waals surface area (Å²) in [6.45, 7) is 2.81. The van der Waals surface area contributed by atoms with Gasteiger partial charge in [0.05, 0.1) is 12.0 Å². The number of hydrogen-bond donors (Lipinski definition) is 0. The Morgan fingerprint density at radius 3 is 2.73 bits per heavy atom. The van der Waals surface area contributed by atoms with Crippen molar-refractivity contribution in [3.8, 4) is 5.75 Å². The molecule has 0 atom stereocenters. The van der Waals surface area contributed by atoms with E-state index in [0.717, 1.165) is 26.2 Å². The first kappa shape index (κ1) is 19.5. The van der Waals surface area contributed by atoms with Crippen molar-refractivity contribution in [3.05, 3.63) is 57.4 Å². The van der Waals surface area contributed by atoms with Gasteiger partial charge in [-0.3, -0.25) is 0 Å². The van der Waals surface area contributed by atoms with Gasteiger partial charge in [0.2, 0.25) is 0 Å². The van der Waals surface area contributed by atoms with E-state index >= 15 is 0 Å². The minimum absolute atomic E-state index is 0.700. The SMILES string of the molecule is COc1cc(SC)ccc1CN(C)C(=S)c1sc2ccc(Cl)cc2c1C. The van der Waals surface area contributed by atoms with E-state index in [1.54, 1.807) is 30.2 Å². The molecule has 2 aromatic carbocycles. The summed E-state index contributed by atoms with van der Waals surface area (Å²) in [6, 6.07) is 12.3. The molecule has 0 radical (unpaired) electrons. The molecule has 0 saturated carbocycles. The summed E-state index contributed by atoms with van der Waals surface area (Å²) in [6.07, 6.45) is 2.06. The molecule has 2 nitrogen and oxygen atoms in total. The molecule has 1 heterocycles. The zero-order chi connectivity index (χ0) is 18.8. The first-order chi connectivity index (χ1) is 12.4. The molecule has 0 spiro atoms. The second-order valence-corrected chi connectivity index (χ2v) is 8.79. The maximum absolute atomic E-state index is 6.15. The molecule has 26 heavy (non-hydrogen) atoms. The fourth-order valence-corrected chi connectivity index (χ4v) is 5.01. The standard InChI is InChI=1S/C20H20ClNOS3/c1-12-16-9-14(21)6-8-18(16)26-19(12)20(24)22(2)11-13-5-7-15(25-4)10-17(13)23-3/h5-10H,11H2,1-4H3. The summed E-state index contributed by atoms with van der Waals surface area (Å²) < 4.78 is 6.77. The zero-order valence-electron chi connectivity index (χ0n) is 15.1. The van der Waals surface area contributed by atoms with E-state index in [2.05, 4.69) is 42.3 Å². The van der Waals surface area contributed by atoms with E-state index in [0.29, 0.717) is 6.54 Å². The van der Waals surface area contributed by atoms with E-state index in [9.17, 15) is 0 Å². The number of thioether (sulfide) groups is 1. The third kappa shape index (κ3) is 3.86. The van der Waals surface area contributed by atoms with Gasteiger partial charge in [-0.1, -0.05) is 29.9 Å². The number of methoxy groups -OCH3 is 1. The lowest BCUT2D eigenvalue weighted by Crippen LogP contribution is -2.25. The van der Waals surface area contributed by atoms with Crippen LogP contribution in [0.25, 0.3) is 10.1 Å². The summed E-state index contributed by atoms with van der Waals surface area (Å²) in [5.74, 6) is 0.895. The Hall–Kier alpha value is -1.27. The predicted octanol–water partition coefficient (Wildman–Crippen LogP) is 6.40. The molecule has 0 amide bonds. The highest BCUT2D eigenvalue weighted by Crippen LogP contribution is 2.34. The van der Waals surface area contributed by atoms with Crippen molar-refractivity contribution in [3.63, 3.8) is 0 Å². The summed E-state index contributed by atoms with van der Waals surface area (Å²) in [4.78, 5) is 5.26. The number of halogens is 1. The zero-order valence-corrected chi connectivity index (χ0v) is 18.3. The number of fused-ring (bicyclic) bond motifs is 1. The van der Waals surface area contributed by atoms with E-state index in [1.807, 2.05) is 19.2 Å². The minimum Gasteiger partial charge on any atom is -0.496 e. The Labute approximate surface area is 173 Å². The van der Waals surface area contributed by atoms with Gasteiger partial charge >= 0.3 is 0 Å². The topological polar surface area (TPSA) is 12.5 Å². The Kier molecular flexibility index (Phi) is 6.13. The number of hydrogen-bond acceptors (Lipinski definition) is 4. The van der Waals surface area contributed by atoms with Crippen LogP contribution in [0.3, 0.4) is 0 Å². The Balaban J connectivity index is 1.88. The van der Waals surface area contributed by atoms with Crippen LogP contribution in [0.15, 0.2) is 41.3 Å². The van der Waals surface area contributed by atoms with Gasteiger partial charge in [0.15, 0.2) is 0 Å². The molecule has 0 saturated heterocycles. The first-order valence-electron chi connectivity index (χ1n) is 8.09. The van der Waals surface area contributed by atoms with E-state index in [4.69, 9.17) is 28.6 Å². The van der Waals surface area contributed by atoms with Crippen LogP contribution in [-0.4, -0.2) is 30.3 Å². The Morgan fingerprint density at radius 2 is 2.04 bits per heavy atom. The van der Waals surface area contributed by atoms with Crippen molar-refractivity contribution in [1.29, 1.82) is 0 Å². The second kappa shape index (κ2) is 8.17. The maximum Gasteiger partial charge on any atom is 0.124 e. The fraction of sp³-hybridized carbons (Fsp3) is 0.250. The number of thiocarbonyl (C=S) groups is 1. The number of ether oxygens (including phenoxy) is 1. The van der Waals surface area contributed by atoms with Gasteiger partial charge < -0.3 is 9.64 Å². The van der Waals surface area contributed by atoms with Crippen LogP contribution in [0.4, 0.5) is 0 Å². The molecule has 6 heteroatoms. The number of thiophene rings is 1. The van der Waals surface area contributed by atoms with Crippen molar-refractivity contribution >= 4 is 62.0 Å². The van der Waals surface area contributed by atoms with Gasteiger partial charge in [0, 0.05) is 33.8 Å². The average molecular weight is 422 g/mol. The van der Waals surface area contributed by atoms with Crippen molar-refractivity contribution in [2.45, 2.75) is 18.4 Å². The number of aryl methyl sites for hydroxylation is 1. The lowest BCUT2D eigenvalue weighted by Gasteiger charge is -2.21. The highest BCUT2D eigenvalue weighted by Gasteiger charge is 2.17. The molecule has 3 aromatic rings. The van der Waals surface area contributed by atoms with Crippen molar-refractivity contribution in [2.75, 3.05) is 20.4 Å². The van der Waals surface area contributed by atoms with Crippen molar-refractivity contribution < 1.29 is 4.74 Å². The van der Waals surface area contributed by atoms with Crippen molar-refractivity contribution in [1.82, 2.24) is 4.90 Å². The van der Waals surface area contributed by atoms with E-state index in [-0.39, 0.29) is 0 Å². The number of nitrogens with zero attached hydrogens (tertiary/aromatic N) is 1. The van der Waals surface area contributed by atoms with E-state index < -0.39 is 0 Å². The maximum atomic E-state index is 6.15. The number of benzene rings is 2. The summed E-state index contributed by atoms with van der Waals surface area (Å²) in [7, 11) is 3.74. The van der Waals surface area contributed by atoms with Crippen LogP contribution >= 0.6 is 46.9 Å². The van der Waals surface area contributed by atoms with Gasteiger partial charge in [-0.25, -0.2) is 0 Å². The van der Waals surface area contributed by atoms with Crippen LogP contribution in [-0.2, 0) is 6.54 Å².